The number of carbonyl (C=O) groups excluding carboxylic acids is 1. The van der Waals surface area contributed by atoms with Crippen molar-refractivity contribution in [1.29, 1.82) is 0 Å². The number of amides is 1. The normalized spacial score (nSPS) is 12.2. The number of fused-ring (bicyclic) bond motifs is 2. The Balaban J connectivity index is 1.61. The van der Waals surface area contributed by atoms with E-state index in [1.807, 2.05) is 30.3 Å². The van der Waals surface area contributed by atoms with Gasteiger partial charge in [0.2, 0.25) is 5.91 Å². The Bertz CT molecular complexity index is 1190. The summed E-state index contributed by atoms with van der Waals surface area (Å²) >= 11 is 0. The first-order valence-electron chi connectivity index (χ1n) is 10.4. The number of imidazole rings is 1. The predicted molar refractivity (Wildman–Crippen MR) is 118 cm³/mol. The Labute approximate surface area is 179 Å². The van der Waals surface area contributed by atoms with E-state index < -0.39 is 0 Å². The maximum atomic E-state index is 11.3. The largest absolute Gasteiger partial charge is 0.358 e. The molecule has 0 bridgehead atoms. The van der Waals surface area contributed by atoms with E-state index in [1.54, 1.807) is 18.0 Å². The standard InChI is InChI=1S/C22H25N7O2/c1-2-15(26-22-20-18(11-12-23-22)24-13-25-20)21-27-16-8-4-3-7-14(16)17(28-21)9-5-6-10-19(30)29-31/h3-4,7-8,11-13,15,31H,2,5-6,9-10H2,1H3,(H,23,26)(H,24,25)(H,29,30)/t15-/m0/s1. The van der Waals surface area contributed by atoms with Crippen LogP contribution in [0.4, 0.5) is 5.82 Å². The van der Waals surface area contributed by atoms with Crippen LogP contribution in [0, 0.1) is 0 Å². The zero-order valence-corrected chi connectivity index (χ0v) is 17.3. The number of benzene rings is 1. The fourth-order valence-electron chi connectivity index (χ4n) is 3.63. The summed E-state index contributed by atoms with van der Waals surface area (Å²) < 4.78 is 0. The lowest BCUT2D eigenvalue weighted by molar-refractivity contribution is -0.129. The average molecular weight is 419 g/mol. The lowest BCUT2D eigenvalue weighted by Crippen LogP contribution is -2.18. The first-order chi connectivity index (χ1) is 15.2. The Morgan fingerprint density at radius 2 is 2.03 bits per heavy atom. The van der Waals surface area contributed by atoms with E-state index >= 15 is 0 Å². The van der Waals surface area contributed by atoms with Crippen LogP contribution in [0.2, 0.25) is 0 Å². The van der Waals surface area contributed by atoms with E-state index in [4.69, 9.17) is 15.2 Å². The van der Waals surface area contributed by atoms with Crippen molar-refractivity contribution < 1.29 is 10.0 Å². The van der Waals surface area contributed by atoms with Crippen molar-refractivity contribution in [3.63, 3.8) is 0 Å². The predicted octanol–water partition coefficient (Wildman–Crippen LogP) is 3.68. The van der Waals surface area contributed by atoms with Crippen molar-refractivity contribution >= 4 is 33.7 Å². The number of pyridine rings is 1. The number of carbonyl (C=O) groups is 1. The van der Waals surface area contributed by atoms with E-state index in [2.05, 4.69) is 27.2 Å². The highest BCUT2D eigenvalue weighted by Gasteiger charge is 2.18. The molecule has 0 aliphatic rings. The second kappa shape index (κ2) is 9.48. The van der Waals surface area contributed by atoms with E-state index in [0.717, 1.165) is 46.9 Å². The third-order valence-corrected chi connectivity index (χ3v) is 5.26. The zero-order chi connectivity index (χ0) is 21.6. The van der Waals surface area contributed by atoms with Crippen LogP contribution in [0.1, 0.15) is 50.2 Å². The quantitative estimate of drug-likeness (QED) is 0.185. The fraction of sp³-hybridized carbons (Fsp3) is 0.318. The van der Waals surface area contributed by atoms with Crippen LogP contribution in [0.3, 0.4) is 0 Å². The molecule has 1 amide bonds. The van der Waals surface area contributed by atoms with Crippen molar-refractivity contribution in [2.45, 2.75) is 45.1 Å². The molecule has 4 N–H and O–H groups in total. The number of anilines is 1. The number of hydrogen-bond donors (Lipinski definition) is 4. The molecule has 9 nitrogen and oxygen atoms in total. The molecule has 0 saturated carbocycles. The molecule has 0 aliphatic heterocycles. The Hall–Kier alpha value is -3.59. The molecule has 4 aromatic rings. The molecule has 3 heterocycles. The topological polar surface area (TPSA) is 129 Å². The summed E-state index contributed by atoms with van der Waals surface area (Å²) in [6, 6.07) is 9.72. The number of aromatic nitrogens is 5. The number of para-hydroxylation sites is 1. The van der Waals surface area contributed by atoms with Crippen molar-refractivity contribution in [2.75, 3.05) is 5.32 Å². The second-order valence-corrected chi connectivity index (χ2v) is 7.35. The first-order valence-corrected chi connectivity index (χ1v) is 10.4. The van der Waals surface area contributed by atoms with Gasteiger partial charge in [-0.05, 0) is 37.8 Å². The molecule has 0 aliphatic carbocycles. The molecule has 0 unspecified atom stereocenters. The Morgan fingerprint density at radius 3 is 2.87 bits per heavy atom. The van der Waals surface area contributed by atoms with Gasteiger partial charge in [-0.3, -0.25) is 10.0 Å². The highest BCUT2D eigenvalue weighted by molar-refractivity contribution is 5.85. The van der Waals surface area contributed by atoms with Gasteiger partial charge in [-0.15, -0.1) is 0 Å². The van der Waals surface area contributed by atoms with E-state index in [9.17, 15) is 4.79 Å². The van der Waals surface area contributed by atoms with Crippen molar-refractivity contribution in [1.82, 2.24) is 30.4 Å². The van der Waals surface area contributed by atoms with Crippen LogP contribution in [0.15, 0.2) is 42.9 Å². The molecule has 4 rings (SSSR count). The molecule has 3 aromatic heterocycles. The molecule has 1 atom stereocenters. The number of rotatable bonds is 9. The van der Waals surface area contributed by atoms with Gasteiger partial charge in [0.05, 0.1) is 29.1 Å². The minimum atomic E-state index is -0.372. The maximum Gasteiger partial charge on any atom is 0.243 e. The number of aryl methyl sites for hydroxylation is 1. The molecule has 0 spiro atoms. The van der Waals surface area contributed by atoms with Crippen molar-refractivity contribution in [3.8, 4) is 0 Å². The number of H-pyrrole nitrogens is 1. The molecule has 0 radical (unpaired) electrons. The highest BCUT2D eigenvalue weighted by Crippen LogP contribution is 2.26. The summed E-state index contributed by atoms with van der Waals surface area (Å²) in [7, 11) is 0. The lowest BCUT2D eigenvalue weighted by atomic mass is 10.1. The number of hydrogen-bond acceptors (Lipinski definition) is 7. The Kier molecular flexibility index (Phi) is 6.32. The van der Waals surface area contributed by atoms with Crippen molar-refractivity contribution in [3.05, 3.63) is 54.4 Å². The summed E-state index contributed by atoms with van der Waals surface area (Å²) in [4.78, 5) is 32.9. The maximum absolute atomic E-state index is 11.3. The van der Waals surface area contributed by atoms with E-state index in [0.29, 0.717) is 18.1 Å². The lowest BCUT2D eigenvalue weighted by Gasteiger charge is -2.18. The Morgan fingerprint density at radius 1 is 1.16 bits per heavy atom. The molecule has 1 aromatic carbocycles. The molecule has 31 heavy (non-hydrogen) atoms. The van der Waals surface area contributed by atoms with E-state index in [-0.39, 0.29) is 18.4 Å². The van der Waals surface area contributed by atoms with Crippen LogP contribution >= 0.6 is 0 Å². The van der Waals surface area contributed by atoms with Gasteiger partial charge in [-0.2, -0.15) is 0 Å². The van der Waals surface area contributed by atoms with Crippen molar-refractivity contribution in [2.24, 2.45) is 0 Å². The molecule has 160 valence electrons. The summed E-state index contributed by atoms with van der Waals surface area (Å²) in [5.74, 6) is 1.03. The van der Waals surface area contributed by atoms with Gasteiger partial charge >= 0.3 is 0 Å². The number of aromatic amines is 1. The van der Waals surface area contributed by atoms with Gasteiger partial charge < -0.3 is 10.3 Å². The number of nitrogens with zero attached hydrogens (tertiary/aromatic N) is 4. The third-order valence-electron chi connectivity index (χ3n) is 5.26. The molecule has 0 saturated heterocycles. The van der Waals surface area contributed by atoms with Crippen LogP contribution < -0.4 is 10.8 Å². The minimum Gasteiger partial charge on any atom is -0.358 e. The molecule has 0 fully saturated rings. The third kappa shape index (κ3) is 4.61. The van der Waals surface area contributed by atoms with Gasteiger partial charge in [-0.25, -0.2) is 25.4 Å². The van der Waals surface area contributed by atoms with Gasteiger partial charge in [-0.1, -0.05) is 25.1 Å². The summed E-state index contributed by atoms with van der Waals surface area (Å²) in [5.41, 5.74) is 5.22. The molecular formula is C22H25N7O2. The minimum absolute atomic E-state index is 0.127. The van der Waals surface area contributed by atoms with Crippen LogP contribution in [0.5, 0.6) is 0 Å². The zero-order valence-electron chi connectivity index (χ0n) is 17.3. The van der Waals surface area contributed by atoms with Gasteiger partial charge in [0.15, 0.2) is 11.6 Å². The van der Waals surface area contributed by atoms with Gasteiger partial charge in [0.1, 0.15) is 5.52 Å². The summed E-state index contributed by atoms with van der Waals surface area (Å²) in [5, 5.41) is 13.1. The van der Waals surface area contributed by atoms with Crippen LogP contribution in [0.25, 0.3) is 21.9 Å². The highest BCUT2D eigenvalue weighted by atomic mass is 16.5. The average Bonchev–Trinajstić information content (AvgIpc) is 3.29. The van der Waals surface area contributed by atoms with Gasteiger partial charge in [0.25, 0.3) is 0 Å². The molecule has 9 heteroatoms. The SMILES string of the molecule is CC[C@H](Nc1nccc2[nH]cnc12)c1nc(CCCCC(=O)NO)c2ccccc2n1. The smallest absolute Gasteiger partial charge is 0.243 e. The summed E-state index contributed by atoms with van der Waals surface area (Å²) in [6.07, 6.45) is 6.62. The van der Waals surface area contributed by atoms with Crippen LogP contribution in [-0.2, 0) is 11.2 Å². The number of nitrogens with one attached hydrogen (secondary N) is 3. The van der Waals surface area contributed by atoms with Gasteiger partial charge in [0, 0.05) is 18.0 Å². The molecular weight excluding hydrogens is 394 g/mol. The second-order valence-electron chi connectivity index (χ2n) is 7.35. The monoisotopic (exact) mass is 419 g/mol. The number of hydroxylamine groups is 1. The van der Waals surface area contributed by atoms with E-state index in [1.165, 1.54) is 0 Å². The first kappa shape index (κ1) is 20.7. The van der Waals surface area contributed by atoms with Crippen LogP contribution in [-0.4, -0.2) is 36.0 Å². The number of unbranched alkanes of at least 4 members (excludes halogenated alkanes) is 1. The summed E-state index contributed by atoms with van der Waals surface area (Å²) in [6.45, 7) is 2.08. The fourth-order valence-corrected chi connectivity index (χ4v) is 3.63.